The number of thiazole rings is 1. The summed E-state index contributed by atoms with van der Waals surface area (Å²) in [4.78, 5) is 28.0. The largest absolute Gasteiger partial charge is 0.416 e. The molecular weight excluding hydrogens is 429 g/mol. The molecule has 0 spiro atoms. The number of carbonyl (C=O) groups excluding carboxylic acids is 2. The highest BCUT2D eigenvalue weighted by Gasteiger charge is 2.30. The van der Waals surface area contributed by atoms with Crippen molar-refractivity contribution in [3.8, 4) is 10.6 Å². The maximum Gasteiger partial charge on any atom is 0.416 e. The lowest BCUT2D eigenvalue weighted by Gasteiger charge is -2.07. The third-order valence-electron chi connectivity index (χ3n) is 3.79. The summed E-state index contributed by atoms with van der Waals surface area (Å²) < 4.78 is 64.5. The van der Waals surface area contributed by atoms with Gasteiger partial charge in [0.15, 0.2) is 11.6 Å². The molecule has 0 unspecified atom stereocenters. The Morgan fingerprint density at radius 2 is 1.80 bits per heavy atom. The second-order valence-electron chi connectivity index (χ2n) is 5.98. The van der Waals surface area contributed by atoms with Crippen LogP contribution in [0.3, 0.4) is 0 Å². The van der Waals surface area contributed by atoms with E-state index >= 15 is 0 Å². The maximum absolute atomic E-state index is 13.1. The average molecular weight is 441 g/mol. The van der Waals surface area contributed by atoms with Crippen molar-refractivity contribution < 1.29 is 31.5 Å². The van der Waals surface area contributed by atoms with Gasteiger partial charge in [-0.25, -0.2) is 13.8 Å². The molecular formula is C19H12F5N3O2S. The summed E-state index contributed by atoms with van der Waals surface area (Å²) in [6.07, 6.45) is -4.51. The van der Waals surface area contributed by atoms with Crippen molar-refractivity contribution >= 4 is 28.8 Å². The standard InChI is InChI=1S/C19H12F5N3O2S/c20-13-5-4-12(7-14(13)21)26-16(28)8-25-17(29)15-9-30-18(27-15)10-2-1-3-11(6-10)19(22,23)24/h1-7,9H,8H2,(H,25,29)(H,26,28). The van der Waals surface area contributed by atoms with Crippen LogP contribution in [0, 0.1) is 11.6 Å². The first-order chi connectivity index (χ1) is 14.1. The van der Waals surface area contributed by atoms with Gasteiger partial charge in [0.25, 0.3) is 5.91 Å². The molecule has 30 heavy (non-hydrogen) atoms. The van der Waals surface area contributed by atoms with Gasteiger partial charge in [-0.1, -0.05) is 12.1 Å². The molecule has 11 heteroatoms. The van der Waals surface area contributed by atoms with Crippen LogP contribution in [0.5, 0.6) is 0 Å². The fourth-order valence-electron chi connectivity index (χ4n) is 2.37. The molecule has 5 nitrogen and oxygen atoms in total. The van der Waals surface area contributed by atoms with Gasteiger partial charge in [-0.15, -0.1) is 11.3 Å². The number of halogens is 5. The highest BCUT2D eigenvalue weighted by molar-refractivity contribution is 7.13. The zero-order valence-electron chi connectivity index (χ0n) is 14.9. The molecule has 0 aliphatic heterocycles. The fourth-order valence-corrected chi connectivity index (χ4v) is 3.17. The van der Waals surface area contributed by atoms with E-state index in [9.17, 15) is 31.5 Å². The molecule has 0 fully saturated rings. The van der Waals surface area contributed by atoms with E-state index < -0.39 is 41.7 Å². The Balaban J connectivity index is 1.61. The zero-order valence-corrected chi connectivity index (χ0v) is 15.7. The monoisotopic (exact) mass is 441 g/mol. The summed E-state index contributed by atoms with van der Waals surface area (Å²) in [6, 6.07) is 7.31. The number of hydrogen-bond donors (Lipinski definition) is 2. The quantitative estimate of drug-likeness (QED) is 0.574. The third kappa shape index (κ3) is 5.17. The van der Waals surface area contributed by atoms with Crippen LogP contribution in [0.25, 0.3) is 10.6 Å². The highest BCUT2D eigenvalue weighted by Crippen LogP contribution is 2.33. The van der Waals surface area contributed by atoms with Crippen molar-refractivity contribution in [1.29, 1.82) is 0 Å². The molecule has 3 aromatic rings. The van der Waals surface area contributed by atoms with Gasteiger partial charge in [0.1, 0.15) is 10.7 Å². The number of hydrogen-bond acceptors (Lipinski definition) is 4. The first-order valence-corrected chi connectivity index (χ1v) is 9.18. The minimum absolute atomic E-state index is 0.00800. The first kappa shape index (κ1) is 21.4. The number of amides is 2. The summed E-state index contributed by atoms with van der Waals surface area (Å²) >= 11 is 0.973. The van der Waals surface area contributed by atoms with E-state index in [0.717, 1.165) is 41.7 Å². The van der Waals surface area contributed by atoms with Crippen LogP contribution < -0.4 is 10.6 Å². The van der Waals surface area contributed by atoms with Crippen LogP contribution in [-0.4, -0.2) is 23.3 Å². The Morgan fingerprint density at radius 3 is 2.50 bits per heavy atom. The lowest BCUT2D eigenvalue weighted by Crippen LogP contribution is -2.33. The minimum Gasteiger partial charge on any atom is -0.342 e. The van der Waals surface area contributed by atoms with Crippen molar-refractivity contribution in [2.45, 2.75) is 6.18 Å². The molecule has 1 heterocycles. The maximum atomic E-state index is 13.1. The van der Waals surface area contributed by atoms with Gasteiger partial charge < -0.3 is 10.6 Å². The Labute approximate surface area is 170 Å². The SMILES string of the molecule is O=C(CNC(=O)c1csc(-c2cccc(C(F)(F)F)c2)n1)Nc1ccc(F)c(F)c1. The summed E-state index contributed by atoms with van der Waals surface area (Å²) in [6.45, 7) is -0.478. The van der Waals surface area contributed by atoms with Gasteiger partial charge >= 0.3 is 6.18 Å². The number of anilines is 1. The topological polar surface area (TPSA) is 71.1 Å². The normalized spacial score (nSPS) is 11.2. The number of carbonyl (C=O) groups is 2. The van der Waals surface area contributed by atoms with Crippen LogP contribution in [0.15, 0.2) is 47.8 Å². The lowest BCUT2D eigenvalue weighted by molar-refractivity contribution is -0.137. The number of nitrogens with zero attached hydrogens (tertiary/aromatic N) is 1. The van der Waals surface area contributed by atoms with Crippen molar-refractivity contribution in [2.75, 3.05) is 11.9 Å². The fraction of sp³-hybridized carbons (Fsp3) is 0.105. The molecule has 0 atom stereocenters. The second kappa shape index (κ2) is 8.57. The molecule has 0 aliphatic carbocycles. The molecule has 0 saturated heterocycles. The van der Waals surface area contributed by atoms with Gasteiger partial charge in [0.05, 0.1) is 12.1 Å². The van der Waals surface area contributed by atoms with Crippen molar-refractivity contribution in [3.63, 3.8) is 0 Å². The van der Waals surface area contributed by atoms with Gasteiger partial charge in [-0.2, -0.15) is 13.2 Å². The van der Waals surface area contributed by atoms with E-state index in [-0.39, 0.29) is 22.0 Å². The van der Waals surface area contributed by atoms with Gasteiger partial charge in [0.2, 0.25) is 5.91 Å². The van der Waals surface area contributed by atoms with Crippen LogP contribution in [-0.2, 0) is 11.0 Å². The van der Waals surface area contributed by atoms with Crippen LogP contribution >= 0.6 is 11.3 Å². The lowest BCUT2D eigenvalue weighted by atomic mass is 10.1. The number of aromatic nitrogens is 1. The summed E-state index contributed by atoms with van der Waals surface area (Å²) in [7, 11) is 0. The minimum atomic E-state index is -4.51. The van der Waals surface area contributed by atoms with Gasteiger partial charge in [-0.3, -0.25) is 9.59 Å². The smallest absolute Gasteiger partial charge is 0.342 e. The highest BCUT2D eigenvalue weighted by atomic mass is 32.1. The van der Waals surface area contributed by atoms with Gasteiger partial charge in [0, 0.05) is 22.7 Å². The Bertz CT molecular complexity index is 1100. The first-order valence-electron chi connectivity index (χ1n) is 8.30. The molecule has 0 aliphatic rings. The van der Waals surface area contributed by atoms with Crippen molar-refractivity contribution in [1.82, 2.24) is 10.3 Å². The van der Waals surface area contributed by atoms with E-state index in [1.54, 1.807) is 0 Å². The van der Waals surface area contributed by atoms with Crippen LogP contribution in [0.2, 0.25) is 0 Å². The Morgan fingerprint density at radius 1 is 1.03 bits per heavy atom. The predicted octanol–water partition coefficient (Wildman–Crippen LogP) is 4.48. The van der Waals surface area contributed by atoms with E-state index in [0.29, 0.717) is 0 Å². The molecule has 0 saturated carbocycles. The summed E-state index contributed by atoms with van der Waals surface area (Å²) in [5, 5.41) is 6.13. The third-order valence-corrected chi connectivity index (χ3v) is 4.68. The molecule has 1 aromatic heterocycles. The Hall–Kier alpha value is -3.34. The van der Waals surface area contributed by atoms with Gasteiger partial charge in [-0.05, 0) is 24.3 Å². The predicted molar refractivity (Wildman–Crippen MR) is 99.9 cm³/mol. The molecule has 0 bridgehead atoms. The second-order valence-corrected chi connectivity index (χ2v) is 6.83. The van der Waals surface area contributed by atoms with E-state index in [1.807, 2.05) is 0 Å². The molecule has 2 amide bonds. The zero-order chi connectivity index (χ0) is 21.9. The molecule has 156 valence electrons. The molecule has 2 N–H and O–H groups in total. The van der Waals surface area contributed by atoms with Crippen LogP contribution in [0.1, 0.15) is 16.1 Å². The molecule has 3 rings (SSSR count). The summed E-state index contributed by atoms with van der Waals surface area (Å²) in [5.74, 6) is -3.62. The van der Waals surface area contributed by atoms with Crippen LogP contribution in [0.4, 0.5) is 27.6 Å². The molecule has 0 radical (unpaired) electrons. The van der Waals surface area contributed by atoms with E-state index in [1.165, 1.54) is 17.5 Å². The number of benzene rings is 2. The van der Waals surface area contributed by atoms with E-state index in [2.05, 4.69) is 15.6 Å². The van der Waals surface area contributed by atoms with Crippen molar-refractivity contribution in [2.24, 2.45) is 0 Å². The Kier molecular flexibility index (Phi) is 6.11. The average Bonchev–Trinajstić information content (AvgIpc) is 3.19. The molecule has 2 aromatic carbocycles. The number of rotatable bonds is 5. The summed E-state index contributed by atoms with van der Waals surface area (Å²) in [5.41, 5.74) is -0.707. The number of nitrogens with one attached hydrogen (secondary N) is 2. The van der Waals surface area contributed by atoms with E-state index in [4.69, 9.17) is 0 Å². The number of alkyl halides is 3. The van der Waals surface area contributed by atoms with Crippen molar-refractivity contribution in [3.05, 3.63) is 70.7 Å².